The largest absolute Gasteiger partial charge is 0.344 e. The van der Waals surface area contributed by atoms with Crippen molar-refractivity contribution in [3.8, 4) is 0 Å². The fourth-order valence-electron chi connectivity index (χ4n) is 1.61. The normalized spacial score (nSPS) is 13.4. The van der Waals surface area contributed by atoms with E-state index in [0.717, 1.165) is 4.90 Å². The van der Waals surface area contributed by atoms with Crippen LogP contribution in [0.3, 0.4) is 0 Å². The molecule has 0 aromatic heterocycles. The first-order valence-electron chi connectivity index (χ1n) is 6.50. The van der Waals surface area contributed by atoms with E-state index in [1.165, 1.54) is 4.90 Å². The first-order valence-corrected chi connectivity index (χ1v) is 7.26. The molecule has 2 N–H and O–H groups in total. The number of rotatable bonds is 5. The average molecular weight is 333 g/mol. The lowest BCUT2D eigenvalue weighted by atomic mass is 10.2. The smallest absolute Gasteiger partial charge is 0.282 e. The monoisotopic (exact) mass is 332 g/mol. The molecule has 0 spiro atoms. The van der Waals surface area contributed by atoms with Crippen molar-refractivity contribution in [1.29, 1.82) is 0 Å². The number of carbonyl (C=O) groups excluding carboxylic acids is 2. The van der Waals surface area contributed by atoms with E-state index in [-0.39, 0.29) is 24.4 Å². The summed E-state index contributed by atoms with van der Waals surface area (Å²) in [4.78, 5) is 26.2. The van der Waals surface area contributed by atoms with Crippen LogP contribution >= 0.6 is 23.2 Å². The molecule has 21 heavy (non-hydrogen) atoms. The second kappa shape index (κ2) is 7.64. The molecule has 0 saturated carbocycles. The van der Waals surface area contributed by atoms with Crippen LogP contribution in [0.5, 0.6) is 0 Å². The van der Waals surface area contributed by atoms with Gasteiger partial charge in [0.05, 0.1) is 17.8 Å². The molecular weight excluding hydrogens is 313 g/mol. The number of carbonyl (C=O) groups is 2. The summed E-state index contributed by atoms with van der Waals surface area (Å²) in [5, 5.41) is 3.63. The average Bonchev–Trinajstić information content (AvgIpc) is 2.40. The number of nitrogens with one attached hydrogen (secondary N) is 2. The Labute approximate surface area is 134 Å². The second-order valence-corrected chi connectivity index (χ2v) is 5.99. The van der Waals surface area contributed by atoms with E-state index in [1.807, 2.05) is 0 Å². The number of halogens is 2. The number of hydrogen-bond acceptors (Lipinski definition) is 2. The SMILES string of the molecule is C[C@H](C(=O)Nc1ccc(Cl)cc1Cl)[NH+](C)CC(=O)N(C)C. The maximum Gasteiger partial charge on any atom is 0.282 e. The van der Waals surface area contributed by atoms with Crippen LogP contribution in [-0.4, -0.2) is 50.4 Å². The number of amides is 2. The van der Waals surface area contributed by atoms with E-state index in [1.54, 1.807) is 46.3 Å². The van der Waals surface area contributed by atoms with E-state index >= 15 is 0 Å². The Bertz CT molecular complexity index is 535. The summed E-state index contributed by atoms with van der Waals surface area (Å²) in [6.45, 7) is 2.01. The van der Waals surface area contributed by atoms with Gasteiger partial charge in [0.2, 0.25) is 0 Å². The first-order chi connectivity index (χ1) is 9.72. The molecule has 0 bridgehead atoms. The number of quaternary nitrogens is 1. The Balaban J connectivity index is 2.68. The summed E-state index contributed by atoms with van der Waals surface area (Å²) in [5.74, 6) is -0.236. The molecule has 116 valence electrons. The number of hydrogen-bond donors (Lipinski definition) is 2. The van der Waals surface area contributed by atoms with Gasteiger partial charge in [-0.3, -0.25) is 9.59 Å². The Morgan fingerprint density at radius 1 is 1.33 bits per heavy atom. The zero-order valence-corrected chi connectivity index (χ0v) is 14.0. The quantitative estimate of drug-likeness (QED) is 0.842. The molecular formula is C14H20Cl2N3O2+. The molecule has 1 aromatic rings. The summed E-state index contributed by atoms with van der Waals surface area (Å²) in [6, 6.07) is 4.48. The molecule has 2 amide bonds. The number of nitrogens with zero attached hydrogens (tertiary/aromatic N) is 1. The highest BCUT2D eigenvalue weighted by atomic mass is 35.5. The summed E-state index contributed by atoms with van der Waals surface area (Å²) < 4.78 is 0. The van der Waals surface area contributed by atoms with Crippen LogP contribution in [0, 0.1) is 0 Å². The fraction of sp³-hybridized carbons (Fsp3) is 0.429. The van der Waals surface area contributed by atoms with Gasteiger partial charge in [-0.1, -0.05) is 23.2 Å². The van der Waals surface area contributed by atoms with Gasteiger partial charge in [-0.05, 0) is 25.1 Å². The Kier molecular flexibility index (Phi) is 6.45. The molecule has 1 rings (SSSR count). The summed E-state index contributed by atoms with van der Waals surface area (Å²) in [7, 11) is 5.18. The molecule has 0 aliphatic carbocycles. The van der Waals surface area contributed by atoms with E-state index in [4.69, 9.17) is 23.2 Å². The van der Waals surface area contributed by atoms with Crippen molar-refractivity contribution in [3.05, 3.63) is 28.2 Å². The Hall–Kier alpha value is -1.30. The molecule has 0 aliphatic heterocycles. The minimum Gasteiger partial charge on any atom is -0.344 e. The van der Waals surface area contributed by atoms with Crippen molar-refractivity contribution in [2.75, 3.05) is 33.0 Å². The van der Waals surface area contributed by atoms with Crippen molar-refractivity contribution in [3.63, 3.8) is 0 Å². The van der Waals surface area contributed by atoms with Gasteiger partial charge in [0.25, 0.3) is 11.8 Å². The number of likely N-dealkylation sites (N-methyl/N-ethyl adjacent to an activating group) is 2. The van der Waals surface area contributed by atoms with Crippen molar-refractivity contribution < 1.29 is 14.5 Å². The minimum atomic E-state index is -0.388. The maximum atomic E-state index is 12.2. The van der Waals surface area contributed by atoms with Crippen LogP contribution in [0.4, 0.5) is 5.69 Å². The van der Waals surface area contributed by atoms with Gasteiger partial charge in [-0.2, -0.15) is 0 Å². The minimum absolute atomic E-state index is 0.0309. The van der Waals surface area contributed by atoms with Crippen LogP contribution in [0.1, 0.15) is 6.92 Å². The van der Waals surface area contributed by atoms with Crippen molar-refractivity contribution in [1.82, 2.24) is 4.90 Å². The third-order valence-electron chi connectivity index (χ3n) is 3.25. The van der Waals surface area contributed by atoms with Gasteiger partial charge in [-0.25, -0.2) is 0 Å². The lowest BCUT2D eigenvalue weighted by molar-refractivity contribution is -0.886. The van der Waals surface area contributed by atoms with E-state index in [0.29, 0.717) is 15.7 Å². The molecule has 0 radical (unpaired) electrons. The van der Waals surface area contributed by atoms with Crippen molar-refractivity contribution in [2.24, 2.45) is 0 Å². The number of benzene rings is 1. The highest BCUT2D eigenvalue weighted by Gasteiger charge is 2.25. The zero-order chi connectivity index (χ0) is 16.2. The molecule has 2 atom stereocenters. The molecule has 0 saturated heterocycles. The topological polar surface area (TPSA) is 53.9 Å². The van der Waals surface area contributed by atoms with Gasteiger partial charge in [0, 0.05) is 19.1 Å². The zero-order valence-electron chi connectivity index (χ0n) is 12.5. The van der Waals surface area contributed by atoms with Crippen LogP contribution in [0.15, 0.2) is 18.2 Å². The van der Waals surface area contributed by atoms with Crippen LogP contribution in [-0.2, 0) is 9.59 Å². The third kappa shape index (κ3) is 5.19. The molecule has 0 aliphatic rings. The van der Waals surface area contributed by atoms with Crippen LogP contribution in [0.2, 0.25) is 10.0 Å². The van der Waals surface area contributed by atoms with E-state index < -0.39 is 0 Å². The third-order valence-corrected chi connectivity index (χ3v) is 3.80. The summed E-state index contributed by atoms with van der Waals surface area (Å²) in [5.41, 5.74) is 0.504. The highest BCUT2D eigenvalue weighted by Crippen LogP contribution is 2.25. The first kappa shape index (κ1) is 17.8. The van der Waals surface area contributed by atoms with Gasteiger partial charge in [0.1, 0.15) is 0 Å². The second-order valence-electron chi connectivity index (χ2n) is 5.15. The van der Waals surface area contributed by atoms with E-state index in [9.17, 15) is 9.59 Å². The molecule has 1 aromatic carbocycles. The lowest BCUT2D eigenvalue weighted by Gasteiger charge is -2.22. The standard InChI is InChI=1S/C14H19Cl2N3O2/c1-9(19(4)8-13(20)18(2)3)14(21)17-12-6-5-10(15)7-11(12)16/h5-7,9H,8H2,1-4H3,(H,17,21)/p+1/t9-/m1/s1. The molecule has 7 heteroatoms. The van der Waals surface area contributed by atoms with Gasteiger partial charge < -0.3 is 15.1 Å². The Morgan fingerprint density at radius 3 is 2.48 bits per heavy atom. The van der Waals surface area contributed by atoms with Gasteiger partial charge >= 0.3 is 0 Å². The summed E-state index contributed by atoms with van der Waals surface area (Å²) in [6.07, 6.45) is 0. The highest BCUT2D eigenvalue weighted by molar-refractivity contribution is 6.36. The predicted molar refractivity (Wildman–Crippen MR) is 85.0 cm³/mol. The molecule has 1 unspecified atom stereocenters. The lowest BCUT2D eigenvalue weighted by Crippen LogP contribution is -3.15. The van der Waals surface area contributed by atoms with Gasteiger partial charge in [0.15, 0.2) is 12.6 Å². The van der Waals surface area contributed by atoms with Gasteiger partial charge in [-0.15, -0.1) is 0 Å². The maximum absolute atomic E-state index is 12.2. The molecule has 5 nitrogen and oxygen atoms in total. The van der Waals surface area contributed by atoms with Crippen molar-refractivity contribution in [2.45, 2.75) is 13.0 Å². The number of anilines is 1. The van der Waals surface area contributed by atoms with E-state index in [2.05, 4.69) is 5.32 Å². The molecule has 0 heterocycles. The van der Waals surface area contributed by atoms with Crippen molar-refractivity contribution >= 4 is 40.7 Å². The van der Waals surface area contributed by atoms with Crippen LogP contribution in [0.25, 0.3) is 0 Å². The predicted octanol–water partition coefficient (Wildman–Crippen LogP) is 0.923. The van der Waals surface area contributed by atoms with Crippen LogP contribution < -0.4 is 10.2 Å². The summed E-state index contributed by atoms with van der Waals surface area (Å²) >= 11 is 11.8. The Morgan fingerprint density at radius 2 is 1.95 bits per heavy atom. The fourth-order valence-corrected chi connectivity index (χ4v) is 2.06. The molecule has 0 fully saturated rings.